The number of hydrogen-bond acceptors (Lipinski definition) is 3. The molecule has 0 saturated heterocycles. The molecule has 1 saturated carbocycles. The lowest BCUT2D eigenvalue weighted by atomic mass is 10.1. The molecule has 148 valence electrons. The lowest BCUT2D eigenvalue weighted by Gasteiger charge is -2.18. The zero-order valence-electron chi connectivity index (χ0n) is 17.3. The zero-order valence-corrected chi connectivity index (χ0v) is 17.3. The molecular formula is C20H33N7. The van der Waals surface area contributed by atoms with Crippen LogP contribution in [0.1, 0.15) is 61.3 Å². The van der Waals surface area contributed by atoms with Crippen molar-refractivity contribution < 1.29 is 0 Å². The maximum Gasteiger partial charge on any atom is 0.191 e. The van der Waals surface area contributed by atoms with Gasteiger partial charge in [0.25, 0.3) is 0 Å². The number of rotatable bonds is 6. The van der Waals surface area contributed by atoms with E-state index in [1.165, 1.54) is 36.9 Å². The van der Waals surface area contributed by atoms with Gasteiger partial charge in [-0.05, 0) is 51.7 Å². The Morgan fingerprint density at radius 2 is 2.04 bits per heavy atom. The summed E-state index contributed by atoms with van der Waals surface area (Å²) >= 11 is 0. The summed E-state index contributed by atoms with van der Waals surface area (Å²) in [5.74, 6) is 0.803. The summed E-state index contributed by atoms with van der Waals surface area (Å²) in [6, 6.07) is 2.95. The summed E-state index contributed by atoms with van der Waals surface area (Å²) in [7, 11) is 3.80. The van der Waals surface area contributed by atoms with Crippen molar-refractivity contribution in [3.8, 4) is 0 Å². The zero-order chi connectivity index (χ0) is 19.4. The van der Waals surface area contributed by atoms with Gasteiger partial charge >= 0.3 is 0 Å². The maximum atomic E-state index is 4.73. The lowest BCUT2D eigenvalue weighted by molar-refractivity contribution is 0.462. The first-order valence-electron chi connectivity index (χ1n) is 9.98. The van der Waals surface area contributed by atoms with Crippen molar-refractivity contribution in [1.82, 2.24) is 30.2 Å². The Labute approximate surface area is 162 Å². The van der Waals surface area contributed by atoms with E-state index in [4.69, 9.17) is 5.10 Å². The molecule has 1 unspecified atom stereocenters. The highest BCUT2D eigenvalue weighted by molar-refractivity contribution is 5.79. The van der Waals surface area contributed by atoms with E-state index in [9.17, 15) is 0 Å². The van der Waals surface area contributed by atoms with Gasteiger partial charge in [-0.15, -0.1) is 0 Å². The third kappa shape index (κ3) is 4.70. The van der Waals surface area contributed by atoms with Crippen molar-refractivity contribution in [3.05, 3.63) is 34.9 Å². The van der Waals surface area contributed by atoms with Crippen molar-refractivity contribution in [2.24, 2.45) is 12.0 Å². The van der Waals surface area contributed by atoms with Crippen LogP contribution in [0.4, 0.5) is 0 Å². The Morgan fingerprint density at radius 1 is 1.30 bits per heavy atom. The number of aliphatic imine (C=N–C) groups is 1. The summed E-state index contributed by atoms with van der Waals surface area (Å²) in [5.41, 5.74) is 4.69. The minimum atomic E-state index is 0.258. The second-order valence-electron chi connectivity index (χ2n) is 7.67. The molecule has 2 N–H and O–H groups in total. The fraction of sp³-hybridized carbons (Fsp3) is 0.650. The molecule has 0 aromatic carbocycles. The molecule has 7 nitrogen and oxygen atoms in total. The van der Waals surface area contributed by atoms with Crippen LogP contribution in [0, 0.1) is 13.8 Å². The van der Waals surface area contributed by atoms with Crippen LogP contribution < -0.4 is 10.6 Å². The van der Waals surface area contributed by atoms with E-state index in [0.29, 0.717) is 12.6 Å². The summed E-state index contributed by atoms with van der Waals surface area (Å²) < 4.78 is 4.09. The van der Waals surface area contributed by atoms with Gasteiger partial charge in [-0.2, -0.15) is 10.2 Å². The SMILES string of the molecule is CN=C(NCc1ccn(C2CCCC2)n1)NC(C)Cc1c(C)nn(C)c1C. The lowest BCUT2D eigenvalue weighted by Crippen LogP contribution is -2.42. The Balaban J connectivity index is 1.51. The molecule has 1 atom stereocenters. The standard InChI is InChI=1S/C20H33N7/c1-14(12-19-15(2)24-26(5)16(19)3)23-20(21-4)22-13-17-10-11-27(25-17)18-8-6-7-9-18/h10-11,14,18H,6-9,12-13H2,1-5H3,(H2,21,22,23). The molecule has 2 aromatic heterocycles. The van der Waals surface area contributed by atoms with Crippen molar-refractivity contribution in [2.45, 2.75) is 71.5 Å². The molecule has 3 rings (SSSR count). The minimum Gasteiger partial charge on any atom is -0.354 e. The van der Waals surface area contributed by atoms with E-state index in [0.717, 1.165) is 23.8 Å². The molecule has 1 aliphatic rings. The van der Waals surface area contributed by atoms with E-state index >= 15 is 0 Å². The van der Waals surface area contributed by atoms with Gasteiger partial charge in [-0.3, -0.25) is 14.4 Å². The number of nitrogens with one attached hydrogen (secondary N) is 2. The average Bonchev–Trinajstić information content (AvgIpc) is 3.37. The predicted octanol–water partition coefficient (Wildman–Crippen LogP) is 2.64. The molecule has 0 spiro atoms. The monoisotopic (exact) mass is 371 g/mol. The topological polar surface area (TPSA) is 72.1 Å². The van der Waals surface area contributed by atoms with Gasteiger partial charge in [-0.1, -0.05) is 12.8 Å². The Kier molecular flexibility index (Phi) is 6.19. The van der Waals surface area contributed by atoms with E-state index in [1.807, 2.05) is 11.7 Å². The smallest absolute Gasteiger partial charge is 0.191 e. The van der Waals surface area contributed by atoms with Gasteiger partial charge in [0, 0.05) is 32.0 Å². The van der Waals surface area contributed by atoms with Crippen LogP contribution in [-0.2, 0) is 20.0 Å². The molecule has 2 heterocycles. The van der Waals surface area contributed by atoms with Crippen LogP contribution in [-0.4, -0.2) is 38.6 Å². The van der Waals surface area contributed by atoms with Crippen molar-refractivity contribution in [1.29, 1.82) is 0 Å². The maximum absolute atomic E-state index is 4.73. The van der Waals surface area contributed by atoms with Crippen molar-refractivity contribution >= 4 is 5.96 Å². The molecule has 2 aromatic rings. The highest BCUT2D eigenvalue weighted by Gasteiger charge is 2.18. The van der Waals surface area contributed by atoms with E-state index in [1.54, 1.807) is 7.05 Å². The van der Waals surface area contributed by atoms with Crippen LogP contribution in [0.5, 0.6) is 0 Å². The van der Waals surface area contributed by atoms with Crippen LogP contribution in [0.15, 0.2) is 17.3 Å². The number of guanidine groups is 1. The first-order chi connectivity index (χ1) is 13.0. The highest BCUT2D eigenvalue weighted by atomic mass is 15.3. The second-order valence-corrected chi connectivity index (χ2v) is 7.67. The van der Waals surface area contributed by atoms with E-state index in [2.05, 4.69) is 58.4 Å². The normalized spacial score (nSPS) is 16.7. The number of hydrogen-bond donors (Lipinski definition) is 2. The molecule has 0 amide bonds. The molecule has 0 aliphatic heterocycles. The second kappa shape index (κ2) is 8.59. The van der Waals surface area contributed by atoms with Gasteiger partial charge in [0.05, 0.1) is 24.0 Å². The minimum absolute atomic E-state index is 0.258. The van der Waals surface area contributed by atoms with E-state index in [-0.39, 0.29) is 6.04 Å². The Hall–Kier alpha value is -2.31. The Morgan fingerprint density at radius 3 is 2.67 bits per heavy atom. The first kappa shape index (κ1) is 19.5. The molecule has 7 heteroatoms. The summed E-state index contributed by atoms with van der Waals surface area (Å²) in [5, 5.41) is 16.1. The summed E-state index contributed by atoms with van der Waals surface area (Å²) in [6.45, 7) is 7.04. The van der Waals surface area contributed by atoms with Crippen LogP contribution in [0.25, 0.3) is 0 Å². The van der Waals surface area contributed by atoms with Crippen molar-refractivity contribution in [2.75, 3.05) is 7.05 Å². The summed E-state index contributed by atoms with van der Waals surface area (Å²) in [4.78, 5) is 4.36. The van der Waals surface area contributed by atoms with Gasteiger partial charge < -0.3 is 10.6 Å². The van der Waals surface area contributed by atoms with Crippen LogP contribution in [0.3, 0.4) is 0 Å². The largest absolute Gasteiger partial charge is 0.354 e. The molecule has 1 aliphatic carbocycles. The quantitative estimate of drug-likeness (QED) is 0.605. The third-order valence-corrected chi connectivity index (χ3v) is 5.58. The van der Waals surface area contributed by atoms with Crippen molar-refractivity contribution in [3.63, 3.8) is 0 Å². The number of aromatic nitrogens is 4. The average molecular weight is 372 g/mol. The highest BCUT2D eigenvalue weighted by Crippen LogP contribution is 2.28. The van der Waals surface area contributed by atoms with Gasteiger partial charge in [0.1, 0.15) is 0 Å². The first-order valence-corrected chi connectivity index (χ1v) is 9.98. The molecule has 1 fully saturated rings. The van der Waals surface area contributed by atoms with Gasteiger partial charge in [-0.25, -0.2) is 0 Å². The van der Waals surface area contributed by atoms with Gasteiger partial charge in [0.2, 0.25) is 0 Å². The van der Waals surface area contributed by atoms with Crippen LogP contribution >= 0.6 is 0 Å². The molecular weight excluding hydrogens is 338 g/mol. The molecule has 0 radical (unpaired) electrons. The molecule has 0 bridgehead atoms. The number of aryl methyl sites for hydroxylation is 2. The number of nitrogens with zero attached hydrogens (tertiary/aromatic N) is 5. The summed E-state index contributed by atoms with van der Waals surface area (Å²) in [6.07, 6.45) is 8.18. The Bertz CT molecular complexity index is 780. The third-order valence-electron chi connectivity index (χ3n) is 5.58. The van der Waals surface area contributed by atoms with Crippen LogP contribution in [0.2, 0.25) is 0 Å². The van der Waals surface area contributed by atoms with E-state index < -0.39 is 0 Å². The predicted molar refractivity (Wildman–Crippen MR) is 109 cm³/mol. The fourth-order valence-electron chi connectivity index (χ4n) is 3.92. The molecule has 27 heavy (non-hydrogen) atoms. The fourth-order valence-corrected chi connectivity index (χ4v) is 3.92. The van der Waals surface area contributed by atoms with Gasteiger partial charge in [0.15, 0.2) is 5.96 Å².